The van der Waals surface area contributed by atoms with Crippen molar-refractivity contribution in [3.05, 3.63) is 75.8 Å². The van der Waals surface area contributed by atoms with E-state index in [2.05, 4.69) is 23.5 Å². The van der Waals surface area contributed by atoms with Gasteiger partial charge in [-0.25, -0.2) is 0 Å². The molecule has 2 nitrogen and oxygen atoms in total. The van der Waals surface area contributed by atoms with Gasteiger partial charge in [0.1, 0.15) is 0 Å². The molecule has 0 fully saturated rings. The molecule has 1 amide bonds. The van der Waals surface area contributed by atoms with Gasteiger partial charge in [0.25, 0.3) is 0 Å². The van der Waals surface area contributed by atoms with E-state index in [9.17, 15) is 4.79 Å². The molecule has 1 atom stereocenters. The lowest BCUT2D eigenvalue weighted by atomic mass is 10.0. The van der Waals surface area contributed by atoms with Crippen LogP contribution in [0.2, 0.25) is 5.02 Å². The second-order valence-corrected chi connectivity index (χ2v) is 6.43. The van der Waals surface area contributed by atoms with Gasteiger partial charge < -0.3 is 5.32 Å². The van der Waals surface area contributed by atoms with Crippen LogP contribution >= 0.6 is 11.6 Å². The first-order chi connectivity index (χ1) is 11.1. The average molecular weight is 326 g/mol. The monoisotopic (exact) mass is 325 g/mol. The van der Waals surface area contributed by atoms with Crippen LogP contribution in [0.4, 0.5) is 0 Å². The van der Waals surface area contributed by atoms with Crippen LogP contribution in [0.25, 0.3) is 6.08 Å². The van der Waals surface area contributed by atoms with Gasteiger partial charge in [-0.2, -0.15) is 0 Å². The molecule has 0 saturated carbocycles. The van der Waals surface area contributed by atoms with Crippen LogP contribution in [0.15, 0.2) is 48.5 Å². The van der Waals surface area contributed by atoms with Crippen molar-refractivity contribution < 1.29 is 4.79 Å². The van der Waals surface area contributed by atoms with E-state index in [-0.39, 0.29) is 11.9 Å². The largest absolute Gasteiger partial charge is 0.346 e. The van der Waals surface area contributed by atoms with Gasteiger partial charge in [0.15, 0.2) is 0 Å². The van der Waals surface area contributed by atoms with Crippen LogP contribution in [0.5, 0.6) is 0 Å². The first kappa shape index (κ1) is 15.8. The molecule has 0 aromatic heterocycles. The molecule has 3 heteroatoms. The number of amides is 1. The Labute approximate surface area is 142 Å². The maximum Gasteiger partial charge on any atom is 0.244 e. The zero-order valence-electron chi connectivity index (χ0n) is 13.2. The van der Waals surface area contributed by atoms with Gasteiger partial charge in [-0.15, -0.1) is 0 Å². The maximum atomic E-state index is 12.1. The predicted octanol–water partition coefficient (Wildman–Crippen LogP) is 4.72. The number of aryl methyl sites for hydroxylation is 2. The van der Waals surface area contributed by atoms with Gasteiger partial charge >= 0.3 is 0 Å². The summed E-state index contributed by atoms with van der Waals surface area (Å²) in [5, 5.41) is 3.71. The van der Waals surface area contributed by atoms with Crippen LogP contribution in [0.1, 0.15) is 41.6 Å². The van der Waals surface area contributed by atoms with Crippen LogP contribution in [-0.4, -0.2) is 5.91 Å². The van der Waals surface area contributed by atoms with E-state index in [0.29, 0.717) is 5.02 Å². The number of fused-ring (bicyclic) bond motifs is 1. The van der Waals surface area contributed by atoms with E-state index in [1.807, 2.05) is 31.2 Å². The van der Waals surface area contributed by atoms with E-state index >= 15 is 0 Å². The van der Waals surface area contributed by atoms with E-state index in [1.54, 1.807) is 12.2 Å². The number of hydrogen-bond donors (Lipinski definition) is 1. The Bertz CT molecular complexity index is 734. The van der Waals surface area contributed by atoms with Crippen molar-refractivity contribution in [3.63, 3.8) is 0 Å². The van der Waals surface area contributed by atoms with Crippen molar-refractivity contribution in [1.29, 1.82) is 0 Å². The Morgan fingerprint density at radius 2 is 1.87 bits per heavy atom. The summed E-state index contributed by atoms with van der Waals surface area (Å²) in [6.45, 7) is 2.02. The molecule has 0 unspecified atom stereocenters. The summed E-state index contributed by atoms with van der Waals surface area (Å²) in [4.78, 5) is 12.1. The van der Waals surface area contributed by atoms with E-state index in [4.69, 9.17) is 11.6 Å². The zero-order valence-corrected chi connectivity index (χ0v) is 13.9. The van der Waals surface area contributed by atoms with Crippen molar-refractivity contribution in [1.82, 2.24) is 5.32 Å². The van der Waals surface area contributed by atoms with E-state index in [0.717, 1.165) is 12.0 Å². The lowest BCUT2D eigenvalue weighted by molar-refractivity contribution is -0.117. The molecule has 1 aliphatic carbocycles. The Kier molecular flexibility index (Phi) is 4.82. The van der Waals surface area contributed by atoms with Crippen molar-refractivity contribution in [2.24, 2.45) is 0 Å². The number of benzene rings is 2. The molecule has 3 rings (SSSR count). The number of carbonyl (C=O) groups excluding carboxylic acids is 1. The molecule has 0 aliphatic heterocycles. The first-order valence-corrected chi connectivity index (χ1v) is 8.35. The summed E-state index contributed by atoms with van der Waals surface area (Å²) in [5.41, 5.74) is 5.00. The highest BCUT2D eigenvalue weighted by molar-refractivity contribution is 6.30. The molecule has 0 heterocycles. The summed E-state index contributed by atoms with van der Waals surface area (Å²) in [6, 6.07) is 14.0. The summed E-state index contributed by atoms with van der Waals surface area (Å²) in [7, 11) is 0. The Morgan fingerprint density at radius 3 is 2.65 bits per heavy atom. The number of nitrogens with one attached hydrogen (secondary N) is 1. The minimum atomic E-state index is -0.0899. The predicted molar refractivity (Wildman–Crippen MR) is 95.5 cm³/mol. The molecule has 1 N–H and O–H groups in total. The fourth-order valence-electron chi connectivity index (χ4n) is 2.95. The van der Waals surface area contributed by atoms with Gasteiger partial charge in [-0.05, 0) is 66.6 Å². The van der Waals surface area contributed by atoms with Gasteiger partial charge in [0.2, 0.25) is 5.91 Å². The van der Waals surface area contributed by atoms with E-state index in [1.165, 1.54) is 29.5 Å². The molecule has 2 aromatic carbocycles. The van der Waals surface area contributed by atoms with Crippen molar-refractivity contribution >= 4 is 23.6 Å². The van der Waals surface area contributed by atoms with Crippen LogP contribution in [-0.2, 0) is 17.6 Å². The Morgan fingerprint density at radius 1 is 1.13 bits per heavy atom. The van der Waals surface area contributed by atoms with E-state index < -0.39 is 0 Å². The third-order valence-corrected chi connectivity index (χ3v) is 4.53. The normalized spacial score (nSPS) is 14.7. The number of hydrogen-bond acceptors (Lipinski definition) is 1. The van der Waals surface area contributed by atoms with Crippen LogP contribution in [0, 0.1) is 0 Å². The summed E-state index contributed by atoms with van der Waals surface area (Å²) in [5.74, 6) is -0.0899. The highest BCUT2D eigenvalue weighted by atomic mass is 35.5. The zero-order chi connectivity index (χ0) is 16.2. The lowest BCUT2D eigenvalue weighted by Gasteiger charge is -2.14. The number of carbonyl (C=O) groups is 1. The van der Waals surface area contributed by atoms with Crippen LogP contribution < -0.4 is 5.32 Å². The van der Waals surface area contributed by atoms with Gasteiger partial charge in [-0.3, -0.25) is 4.79 Å². The molecule has 118 valence electrons. The lowest BCUT2D eigenvalue weighted by Crippen LogP contribution is -2.24. The second kappa shape index (κ2) is 7.01. The minimum absolute atomic E-state index is 0.00303. The Balaban J connectivity index is 1.62. The summed E-state index contributed by atoms with van der Waals surface area (Å²) < 4.78 is 0. The molecule has 0 bridgehead atoms. The quantitative estimate of drug-likeness (QED) is 0.810. The van der Waals surface area contributed by atoms with Crippen molar-refractivity contribution in [2.45, 2.75) is 32.2 Å². The second-order valence-electron chi connectivity index (χ2n) is 6.00. The fourth-order valence-corrected chi connectivity index (χ4v) is 3.08. The standard InChI is InChI=1S/C20H20ClNO/c1-14(17-9-8-16-3-2-4-18(16)13-17)22-20(23)12-7-15-5-10-19(21)11-6-15/h5-14H,2-4H2,1H3,(H,22,23)/b12-7+/t14-/m0/s1. The third kappa shape index (κ3) is 4.02. The molecule has 2 aromatic rings. The summed E-state index contributed by atoms with van der Waals surface area (Å²) >= 11 is 5.85. The minimum Gasteiger partial charge on any atom is -0.346 e. The number of halogens is 1. The third-order valence-electron chi connectivity index (χ3n) is 4.28. The maximum absolute atomic E-state index is 12.1. The highest BCUT2D eigenvalue weighted by Gasteiger charge is 2.14. The molecule has 23 heavy (non-hydrogen) atoms. The van der Waals surface area contributed by atoms with Crippen LogP contribution in [0.3, 0.4) is 0 Å². The molecular formula is C20H20ClNO. The highest BCUT2D eigenvalue weighted by Crippen LogP contribution is 2.25. The van der Waals surface area contributed by atoms with Gasteiger partial charge in [0.05, 0.1) is 6.04 Å². The molecule has 0 spiro atoms. The molecular weight excluding hydrogens is 306 g/mol. The van der Waals surface area contributed by atoms with Crippen molar-refractivity contribution in [2.75, 3.05) is 0 Å². The molecule has 1 aliphatic rings. The van der Waals surface area contributed by atoms with Gasteiger partial charge in [-0.1, -0.05) is 41.9 Å². The Hall–Kier alpha value is -2.06. The smallest absolute Gasteiger partial charge is 0.244 e. The fraction of sp³-hybridized carbons (Fsp3) is 0.250. The molecule has 0 radical (unpaired) electrons. The topological polar surface area (TPSA) is 29.1 Å². The first-order valence-electron chi connectivity index (χ1n) is 7.97. The number of rotatable bonds is 4. The SMILES string of the molecule is C[C@H](NC(=O)/C=C/c1ccc(Cl)cc1)c1ccc2c(c1)CCC2. The van der Waals surface area contributed by atoms with Gasteiger partial charge in [0, 0.05) is 11.1 Å². The average Bonchev–Trinajstić information content (AvgIpc) is 3.02. The summed E-state index contributed by atoms with van der Waals surface area (Å²) in [6.07, 6.45) is 6.93. The van der Waals surface area contributed by atoms with Crippen molar-refractivity contribution in [3.8, 4) is 0 Å². The molecule has 0 saturated heterocycles.